The van der Waals surface area contributed by atoms with Crippen molar-refractivity contribution in [1.82, 2.24) is 15.1 Å². The van der Waals surface area contributed by atoms with E-state index in [0.717, 1.165) is 18.7 Å². The Hall–Kier alpha value is -1.85. The Morgan fingerprint density at radius 2 is 2.00 bits per heavy atom. The minimum Gasteiger partial charge on any atom is -0.480 e. The van der Waals surface area contributed by atoms with Gasteiger partial charge in [-0.1, -0.05) is 13.8 Å². The smallest absolute Gasteiger partial charge is 0.326 e. The van der Waals surface area contributed by atoms with Gasteiger partial charge in [0.1, 0.15) is 6.04 Å². The first-order valence-corrected chi connectivity index (χ1v) is 6.50. The highest BCUT2D eigenvalue weighted by Gasteiger charge is 2.23. The first-order chi connectivity index (χ1) is 8.92. The summed E-state index contributed by atoms with van der Waals surface area (Å²) in [6.07, 6.45) is 1.28. The molecule has 1 aromatic heterocycles. The molecule has 0 aliphatic carbocycles. The number of carbonyl (C=O) groups is 2. The van der Waals surface area contributed by atoms with Gasteiger partial charge >= 0.3 is 5.97 Å². The number of carboxylic acids is 1. The minimum atomic E-state index is -1.02. The van der Waals surface area contributed by atoms with Crippen LogP contribution in [0.25, 0.3) is 0 Å². The largest absolute Gasteiger partial charge is 0.480 e. The second-order valence-corrected chi connectivity index (χ2v) is 4.54. The number of amides is 1. The Labute approximate surface area is 112 Å². The van der Waals surface area contributed by atoms with Gasteiger partial charge < -0.3 is 10.4 Å². The van der Waals surface area contributed by atoms with Gasteiger partial charge in [-0.25, -0.2) is 4.79 Å². The number of carboxylic acid groups (broad SMARTS) is 1. The monoisotopic (exact) mass is 267 g/mol. The summed E-state index contributed by atoms with van der Waals surface area (Å²) in [5, 5.41) is 15.8. The highest BCUT2D eigenvalue weighted by Crippen LogP contribution is 2.14. The molecule has 0 bridgehead atoms. The van der Waals surface area contributed by atoms with Gasteiger partial charge in [0.25, 0.3) is 5.91 Å². The summed E-state index contributed by atoms with van der Waals surface area (Å²) in [4.78, 5) is 23.1. The summed E-state index contributed by atoms with van der Waals surface area (Å²) in [5.41, 5.74) is 1.88. The molecule has 6 nitrogen and oxygen atoms in total. The van der Waals surface area contributed by atoms with Gasteiger partial charge in [0.15, 0.2) is 0 Å². The molecule has 19 heavy (non-hydrogen) atoms. The van der Waals surface area contributed by atoms with E-state index >= 15 is 0 Å². The molecule has 0 radical (unpaired) electrons. The van der Waals surface area contributed by atoms with Crippen LogP contribution in [0.5, 0.6) is 0 Å². The highest BCUT2D eigenvalue weighted by atomic mass is 16.4. The van der Waals surface area contributed by atoms with Crippen molar-refractivity contribution in [2.75, 3.05) is 0 Å². The third-order valence-electron chi connectivity index (χ3n) is 3.06. The molecule has 1 aromatic rings. The zero-order valence-electron chi connectivity index (χ0n) is 11.9. The molecule has 0 saturated carbocycles. The van der Waals surface area contributed by atoms with Crippen molar-refractivity contribution in [3.8, 4) is 0 Å². The zero-order chi connectivity index (χ0) is 14.6. The molecule has 0 aliphatic heterocycles. The van der Waals surface area contributed by atoms with E-state index in [1.54, 1.807) is 18.5 Å². The summed E-state index contributed by atoms with van der Waals surface area (Å²) in [6.45, 7) is 8.09. The Bertz CT molecular complexity index is 480. The van der Waals surface area contributed by atoms with Crippen molar-refractivity contribution >= 4 is 11.9 Å². The summed E-state index contributed by atoms with van der Waals surface area (Å²) < 4.78 is 1.78. The van der Waals surface area contributed by atoms with E-state index in [-0.39, 0.29) is 5.91 Å². The van der Waals surface area contributed by atoms with Gasteiger partial charge in [0.2, 0.25) is 0 Å². The molecule has 0 fully saturated rings. The molecule has 1 rings (SSSR count). The molecule has 0 unspecified atom stereocenters. The molecule has 0 aromatic carbocycles. The molecule has 0 saturated heterocycles. The van der Waals surface area contributed by atoms with Crippen molar-refractivity contribution < 1.29 is 14.7 Å². The molecule has 1 heterocycles. The molecule has 2 N–H and O–H groups in total. The van der Waals surface area contributed by atoms with Crippen molar-refractivity contribution in [2.45, 2.75) is 53.1 Å². The van der Waals surface area contributed by atoms with E-state index in [2.05, 4.69) is 10.4 Å². The minimum absolute atomic E-state index is 0.349. The van der Waals surface area contributed by atoms with Crippen LogP contribution >= 0.6 is 0 Å². The van der Waals surface area contributed by atoms with E-state index in [1.807, 2.05) is 13.8 Å². The molecular formula is C13H21N3O3. The summed E-state index contributed by atoms with van der Waals surface area (Å²) >= 11 is 0. The Kier molecular flexibility index (Phi) is 5.09. The maximum Gasteiger partial charge on any atom is 0.326 e. The van der Waals surface area contributed by atoms with Crippen molar-refractivity contribution in [3.63, 3.8) is 0 Å². The number of rotatable bonds is 6. The molecule has 0 aliphatic rings. The lowest BCUT2D eigenvalue weighted by Crippen LogP contribution is -2.40. The molecule has 1 amide bonds. The summed E-state index contributed by atoms with van der Waals surface area (Å²) in [7, 11) is 0. The number of hydrogen-bond donors (Lipinski definition) is 2. The van der Waals surface area contributed by atoms with Gasteiger partial charge in [-0.05, 0) is 26.7 Å². The van der Waals surface area contributed by atoms with Crippen LogP contribution in [-0.4, -0.2) is 32.8 Å². The van der Waals surface area contributed by atoms with Crippen molar-refractivity contribution in [2.24, 2.45) is 0 Å². The number of aromatic nitrogens is 2. The van der Waals surface area contributed by atoms with Crippen LogP contribution in [0.3, 0.4) is 0 Å². The number of aliphatic carboxylic acids is 1. The standard InChI is InChI=1S/C13H21N3O3/c1-5-7-16-9(4)11(8(3)15-16)12(17)14-10(6-2)13(18)19/h10H,5-7H2,1-4H3,(H,14,17)(H,18,19)/t10-/m0/s1. The summed E-state index contributed by atoms with van der Waals surface area (Å²) in [6, 6.07) is -0.860. The van der Waals surface area contributed by atoms with Crippen molar-refractivity contribution in [1.29, 1.82) is 0 Å². The molecule has 106 valence electrons. The zero-order valence-corrected chi connectivity index (χ0v) is 11.9. The SMILES string of the molecule is CCCn1nc(C)c(C(=O)N[C@@H](CC)C(=O)O)c1C. The second-order valence-electron chi connectivity index (χ2n) is 4.54. The van der Waals surface area contributed by atoms with Gasteiger partial charge in [0.05, 0.1) is 11.3 Å². The van der Waals surface area contributed by atoms with Crippen LogP contribution in [0, 0.1) is 13.8 Å². The van der Waals surface area contributed by atoms with Gasteiger partial charge in [-0.2, -0.15) is 5.10 Å². The van der Waals surface area contributed by atoms with Crippen LogP contribution in [-0.2, 0) is 11.3 Å². The third kappa shape index (κ3) is 3.33. The summed E-state index contributed by atoms with van der Waals surface area (Å²) in [5.74, 6) is -1.39. The number of hydrogen-bond acceptors (Lipinski definition) is 3. The lowest BCUT2D eigenvalue weighted by Gasteiger charge is -2.12. The number of nitrogens with one attached hydrogen (secondary N) is 1. The highest BCUT2D eigenvalue weighted by molar-refractivity contribution is 5.98. The Morgan fingerprint density at radius 1 is 1.37 bits per heavy atom. The topological polar surface area (TPSA) is 84.2 Å². The first kappa shape index (κ1) is 15.2. The molecule has 6 heteroatoms. The van der Waals surface area contributed by atoms with Gasteiger partial charge in [0, 0.05) is 12.2 Å². The first-order valence-electron chi connectivity index (χ1n) is 6.50. The fourth-order valence-corrected chi connectivity index (χ4v) is 2.02. The van der Waals surface area contributed by atoms with E-state index in [4.69, 9.17) is 5.11 Å². The molecule has 1 atom stereocenters. The fraction of sp³-hybridized carbons (Fsp3) is 0.615. The maximum atomic E-state index is 12.1. The van der Waals surface area contributed by atoms with E-state index < -0.39 is 12.0 Å². The lowest BCUT2D eigenvalue weighted by atomic mass is 10.1. The van der Waals surface area contributed by atoms with Crippen LogP contribution in [0.2, 0.25) is 0 Å². The normalized spacial score (nSPS) is 12.2. The fourth-order valence-electron chi connectivity index (χ4n) is 2.02. The van der Waals surface area contributed by atoms with E-state index in [9.17, 15) is 9.59 Å². The third-order valence-corrected chi connectivity index (χ3v) is 3.06. The van der Waals surface area contributed by atoms with Crippen LogP contribution in [0.1, 0.15) is 48.4 Å². The predicted octanol–water partition coefficient (Wildman–Crippen LogP) is 1.50. The van der Waals surface area contributed by atoms with Crippen LogP contribution in [0.15, 0.2) is 0 Å². The van der Waals surface area contributed by atoms with E-state index in [0.29, 0.717) is 17.7 Å². The number of nitrogens with zero attached hydrogens (tertiary/aromatic N) is 2. The predicted molar refractivity (Wildman–Crippen MR) is 71.2 cm³/mol. The number of carbonyl (C=O) groups excluding carboxylic acids is 1. The Morgan fingerprint density at radius 3 is 2.47 bits per heavy atom. The van der Waals surface area contributed by atoms with Gasteiger partial charge in [-0.15, -0.1) is 0 Å². The van der Waals surface area contributed by atoms with E-state index in [1.165, 1.54) is 0 Å². The lowest BCUT2D eigenvalue weighted by molar-refractivity contribution is -0.139. The second kappa shape index (κ2) is 6.36. The van der Waals surface area contributed by atoms with Gasteiger partial charge in [-0.3, -0.25) is 9.48 Å². The van der Waals surface area contributed by atoms with Crippen LogP contribution < -0.4 is 5.32 Å². The number of aryl methyl sites for hydroxylation is 2. The van der Waals surface area contributed by atoms with Crippen LogP contribution in [0.4, 0.5) is 0 Å². The molecular weight excluding hydrogens is 246 g/mol. The molecule has 0 spiro atoms. The van der Waals surface area contributed by atoms with Crippen molar-refractivity contribution in [3.05, 3.63) is 17.0 Å². The quantitative estimate of drug-likeness (QED) is 0.818. The Balaban J connectivity index is 2.96. The maximum absolute atomic E-state index is 12.1. The average Bonchev–Trinajstić information content (AvgIpc) is 2.61. The average molecular weight is 267 g/mol.